The van der Waals surface area contributed by atoms with E-state index in [1.807, 2.05) is 18.0 Å². The Morgan fingerprint density at radius 2 is 2.42 bits per heavy atom. The van der Waals surface area contributed by atoms with Crippen molar-refractivity contribution in [2.45, 2.75) is 25.7 Å². The highest BCUT2D eigenvalue weighted by Gasteiger charge is 2.28. The molecule has 1 amide bonds. The highest BCUT2D eigenvalue weighted by atomic mass is 16.3. The molecule has 0 saturated carbocycles. The van der Waals surface area contributed by atoms with E-state index in [4.69, 9.17) is 4.42 Å². The fourth-order valence-electron chi connectivity index (χ4n) is 2.50. The van der Waals surface area contributed by atoms with Gasteiger partial charge >= 0.3 is 0 Å². The number of likely N-dealkylation sites (tertiary alicyclic amines) is 1. The van der Waals surface area contributed by atoms with Gasteiger partial charge in [0.2, 0.25) is 5.76 Å². The van der Waals surface area contributed by atoms with Gasteiger partial charge in [0.05, 0.1) is 6.20 Å². The fraction of sp³-hybridized carbons (Fsp3) is 0.462. The maximum atomic E-state index is 12.2. The van der Waals surface area contributed by atoms with Gasteiger partial charge in [-0.25, -0.2) is 9.97 Å². The van der Waals surface area contributed by atoms with Gasteiger partial charge in [0.25, 0.3) is 5.91 Å². The van der Waals surface area contributed by atoms with Crippen molar-refractivity contribution in [1.82, 2.24) is 19.9 Å². The lowest BCUT2D eigenvalue weighted by Crippen LogP contribution is -2.39. The third-order valence-electron chi connectivity index (χ3n) is 3.46. The molecular weight excluding hydrogens is 244 g/mol. The molecule has 6 heteroatoms. The van der Waals surface area contributed by atoms with Gasteiger partial charge in [0.15, 0.2) is 6.39 Å². The molecule has 1 fully saturated rings. The first-order valence-electron chi connectivity index (χ1n) is 6.43. The van der Waals surface area contributed by atoms with E-state index in [1.54, 1.807) is 0 Å². The minimum Gasteiger partial charge on any atom is -0.438 e. The number of amides is 1. The number of carbonyl (C=O) groups excluding carboxylic acids is 1. The third-order valence-corrected chi connectivity index (χ3v) is 3.46. The first-order valence-corrected chi connectivity index (χ1v) is 6.43. The molecule has 6 nitrogen and oxygen atoms in total. The van der Waals surface area contributed by atoms with Gasteiger partial charge in [-0.05, 0) is 19.8 Å². The van der Waals surface area contributed by atoms with Crippen molar-refractivity contribution < 1.29 is 9.21 Å². The third kappa shape index (κ3) is 2.38. The number of piperidine rings is 1. The summed E-state index contributed by atoms with van der Waals surface area (Å²) < 4.78 is 5.07. The predicted octanol–water partition coefficient (Wildman–Crippen LogP) is 1.73. The standard InChI is InChI=1S/C13H16N4O2/c1-9-5-15-12(16-9)10-3-2-4-17(7-10)13(18)11-6-14-8-19-11/h5-6,8,10H,2-4,7H2,1H3,(H,15,16). The topological polar surface area (TPSA) is 75.0 Å². The summed E-state index contributed by atoms with van der Waals surface area (Å²) in [5.41, 5.74) is 1.05. The number of H-pyrrole nitrogens is 1. The van der Waals surface area contributed by atoms with Gasteiger partial charge < -0.3 is 14.3 Å². The lowest BCUT2D eigenvalue weighted by atomic mass is 9.97. The number of nitrogens with zero attached hydrogens (tertiary/aromatic N) is 3. The van der Waals surface area contributed by atoms with E-state index in [0.29, 0.717) is 12.3 Å². The summed E-state index contributed by atoms with van der Waals surface area (Å²) in [6.45, 7) is 3.42. The summed E-state index contributed by atoms with van der Waals surface area (Å²) in [6.07, 6.45) is 6.59. The largest absolute Gasteiger partial charge is 0.438 e. The molecule has 1 unspecified atom stereocenters. The second kappa shape index (κ2) is 4.87. The van der Waals surface area contributed by atoms with Crippen LogP contribution in [-0.4, -0.2) is 38.8 Å². The summed E-state index contributed by atoms with van der Waals surface area (Å²) in [4.78, 5) is 25.4. The minimum atomic E-state index is -0.0921. The number of oxazole rings is 1. The number of imidazole rings is 1. The predicted molar refractivity (Wildman–Crippen MR) is 67.7 cm³/mol. The van der Waals surface area contributed by atoms with Crippen LogP contribution in [0.1, 0.15) is 40.8 Å². The fourth-order valence-corrected chi connectivity index (χ4v) is 2.50. The molecular formula is C13H16N4O2. The Bertz CT molecular complexity index is 561. The number of rotatable bonds is 2. The van der Waals surface area contributed by atoms with Crippen LogP contribution in [0, 0.1) is 6.92 Å². The molecule has 0 spiro atoms. The van der Waals surface area contributed by atoms with Crippen LogP contribution < -0.4 is 0 Å². The average Bonchev–Trinajstić information content (AvgIpc) is 3.09. The van der Waals surface area contributed by atoms with Gasteiger partial charge in [-0.15, -0.1) is 0 Å². The number of carbonyl (C=O) groups is 1. The molecule has 0 aliphatic carbocycles. The lowest BCUT2D eigenvalue weighted by molar-refractivity contribution is 0.0672. The Morgan fingerprint density at radius 1 is 1.53 bits per heavy atom. The van der Waals surface area contributed by atoms with E-state index in [9.17, 15) is 4.79 Å². The monoisotopic (exact) mass is 260 g/mol. The van der Waals surface area contributed by atoms with Crippen molar-refractivity contribution in [3.63, 3.8) is 0 Å². The number of aromatic nitrogens is 3. The van der Waals surface area contributed by atoms with Crippen LogP contribution in [0.3, 0.4) is 0 Å². The highest BCUT2D eigenvalue weighted by molar-refractivity contribution is 5.91. The zero-order valence-electron chi connectivity index (χ0n) is 10.8. The van der Waals surface area contributed by atoms with E-state index >= 15 is 0 Å². The molecule has 3 heterocycles. The number of aromatic amines is 1. The van der Waals surface area contributed by atoms with Gasteiger partial charge in [0.1, 0.15) is 5.82 Å². The van der Waals surface area contributed by atoms with Crippen molar-refractivity contribution >= 4 is 5.91 Å². The van der Waals surface area contributed by atoms with Crippen molar-refractivity contribution in [3.05, 3.63) is 36.1 Å². The van der Waals surface area contributed by atoms with E-state index in [1.165, 1.54) is 12.6 Å². The quantitative estimate of drug-likeness (QED) is 0.892. The van der Waals surface area contributed by atoms with Crippen molar-refractivity contribution in [2.75, 3.05) is 13.1 Å². The maximum absolute atomic E-state index is 12.2. The van der Waals surface area contributed by atoms with E-state index in [2.05, 4.69) is 15.0 Å². The Hall–Kier alpha value is -2.11. The molecule has 19 heavy (non-hydrogen) atoms. The van der Waals surface area contributed by atoms with Crippen molar-refractivity contribution in [2.24, 2.45) is 0 Å². The Morgan fingerprint density at radius 3 is 3.11 bits per heavy atom. The van der Waals surface area contributed by atoms with Gasteiger partial charge in [0, 0.05) is 30.9 Å². The van der Waals surface area contributed by atoms with Crippen molar-refractivity contribution in [3.8, 4) is 0 Å². The van der Waals surface area contributed by atoms with Crippen LogP contribution in [0.4, 0.5) is 0 Å². The molecule has 100 valence electrons. The molecule has 1 saturated heterocycles. The summed E-state index contributed by atoms with van der Waals surface area (Å²) in [6, 6.07) is 0. The summed E-state index contributed by atoms with van der Waals surface area (Å²) in [5.74, 6) is 1.45. The number of hydrogen-bond acceptors (Lipinski definition) is 4. The van der Waals surface area contributed by atoms with Crippen LogP contribution in [0.25, 0.3) is 0 Å². The van der Waals surface area contributed by atoms with Crippen molar-refractivity contribution in [1.29, 1.82) is 0 Å². The van der Waals surface area contributed by atoms with Crippen LogP contribution in [0.2, 0.25) is 0 Å². The minimum absolute atomic E-state index is 0.0921. The Kier molecular flexibility index (Phi) is 3.06. The summed E-state index contributed by atoms with van der Waals surface area (Å²) in [5, 5.41) is 0. The summed E-state index contributed by atoms with van der Waals surface area (Å²) >= 11 is 0. The molecule has 0 aromatic carbocycles. The van der Waals surface area contributed by atoms with E-state index < -0.39 is 0 Å². The molecule has 2 aromatic heterocycles. The van der Waals surface area contributed by atoms with Crippen LogP contribution in [0.5, 0.6) is 0 Å². The molecule has 2 aromatic rings. The van der Waals surface area contributed by atoms with Gasteiger partial charge in [-0.2, -0.15) is 0 Å². The Balaban J connectivity index is 1.73. The molecule has 1 aliphatic rings. The van der Waals surface area contributed by atoms with Gasteiger partial charge in [-0.1, -0.05) is 0 Å². The molecule has 0 radical (unpaired) electrons. The number of aryl methyl sites for hydroxylation is 1. The molecule has 3 rings (SSSR count). The zero-order chi connectivity index (χ0) is 13.2. The highest BCUT2D eigenvalue weighted by Crippen LogP contribution is 2.25. The van der Waals surface area contributed by atoms with Gasteiger partial charge in [-0.3, -0.25) is 4.79 Å². The first-order chi connectivity index (χ1) is 9.24. The van der Waals surface area contributed by atoms with E-state index in [0.717, 1.165) is 30.9 Å². The second-order valence-electron chi connectivity index (χ2n) is 4.91. The molecule has 1 N–H and O–H groups in total. The smallest absolute Gasteiger partial charge is 0.291 e. The Labute approximate surface area is 110 Å². The van der Waals surface area contributed by atoms with E-state index in [-0.39, 0.29) is 11.8 Å². The lowest BCUT2D eigenvalue weighted by Gasteiger charge is -2.31. The van der Waals surface area contributed by atoms with Crippen LogP contribution in [0.15, 0.2) is 23.2 Å². The maximum Gasteiger partial charge on any atom is 0.291 e. The normalized spacial score (nSPS) is 19.6. The number of hydrogen-bond donors (Lipinski definition) is 1. The average molecular weight is 260 g/mol. The SMILES string of the molecule is Cc1cnc(C2CCCN(C(=O)c3cnco3)C2)[nH]1. The van der Waals surface area contributed by atoms with Crippen LogP contribution in [-0.2, 0) is 0 Å². The second-order valence-corrected chi connectivity index (χ2v) is 4.91. The zero-order valence-corrected chi connectivity index (χ0v) is 10.8. The first kappa shape index (κ1) is 12.0. The molecule has 1 aliphatic heterocycles. The molecule has 1 atom stereocenters. The molecule has 0 bridgehead atoms. The number of nitrogens with one attached hydrogen (secondary N) is 1. The summed E-state index contributed by atoms with van der Waals surface area (Å²) in [7, 11) is 0. The van der Waals surface area contributed by atoms with Crippen LogP contribution >= 0.6 is 0 Å².